The van der Waals surface area contributed by atoms with Crippen LogP contribution in [-0.2, 0) is 20.9 Å². The lowest BCUT2D eigenvalue weighted by atomic mass is 10.2. The molecule has 0 spiro atoms. The lowest BCUT2D eigenvalue weighted by Crippen LogP contribution is -2.31. The SMILES string of the molecule is CCOCc1nc(C2CCCN2C(=O)CCOC)no1. The highest BCUT2D eigenvalue weighted by Gasteiger charge is 2.32. The molecule has 1 saturated heterocycles. The topological polar surface area (TPSA) is 77.7 Å². The van der Waals surface area contributed by atoms with Crippen molar-refractivity contribution in [2.24, 2.45) is 0 Å². The first-order valence-corrected chi connectivity index (χ1v) is 6.95. The van der Waals surface area contributed by atoms with Gasteiger partial charge in [0.25, 0.3) is 5.89 Å². The number of hydrogen-bond acceptors (Lipinski definition) is 6. The number of carbonyl (C=O) groups is 1. The van der Waals surface area contributed by atoms with Crippen LogP contribution >= 0.6 is 0 Å². The predicted molar refractivity (Wildman–Crippen MR) is 69.8 cm³/mol. The Hall–Kier alpha value is -1.47. The number of carbonyl (C=O) groups excluding carboxylic acids is 1. The molecule has 0 aromatic carbocycles. The van der Waals surface area contributed by atoms with Gasteiger partial charge in [-0.1, -0.05) is 5.16 Å². The molecule has 7 nitrogen and oxygen atoms in total. The standard InChI is InChI=1S/C13H21N3O4/c1-3-19-9-11-14-13(15-20-11)10-5-4-7-16(10)12(17)6-8-18-2/h10H,3-9H2,1-2H3. The zero-order valence-corrected chi connectivity index (χ0v) is 12.0. The highest BCUT2D eigenvalue weighted by atomic mass is 16.5. The molecule has 0 aliphatic carbocycles. The summed E-state index contributed by atoms with van der Waals surface area (Å²) in [5, 5.41) is 3.97. The van der Waals surface area contributed by atoms with E-state index in [4.69, 9.17) is 14.0 Å². The molecular formula is C13H21N3O4. The molecule has 0 radical (unpaired) electrons. The van der Waals surface area contributed by atoms with E-state index >= 15 is 0 Å². The minimum Gasteiger partial charge on any atom is -0.384 e. The Morgan fingerprint density at radius 3 is 3.15 bits per heavy atom. The molecule has 0 bridgehead atoms. The second-order valence-electron chi connectivity index (χ2n) is 4.67. The van der Waals surface area contributed by atoms with Crippen molar-refractivity contribution in [3.8, 4) is 0 Å². The van der Waals surface area contributed by atoms with Crippen LogP contribution in [0.5, 0.6) is 0 Å². The van der Waals surface area contributed by atoms with Crippen molar-refractivity contribution >= 4 is 5.91 Å². The van der Waals surface area contributed by atoms with E-state index in [1.807, 2.05) is 11.8 Å². The van der Waals surface area contributed by atoms with Gasteiger partial charge in [-0.2, -0.15) is 4.98 Å². The highest BCUT2D eigenvalue weighted by molar-refractivity contribution is 5.77. The second kappa shape index (κ2) is 7.35. The Bertz CT molecular complexity index is 435. The highest BCUT2D eigenvalue weighted by Crippen LogP contribution is 2.30. The molecule has 1 aliphatic heterocycles. The van der Waals surface area contributed by atoms with Crippen molar-refractivity contribution in [2.45, 2.75) is 38.8 Å². The smallest absolute Gasteiger partial charge is 0.252 e. The summed E-state index contributed by atoms with van der Waals surface area (Å²) in [6.45, 7) is 3.99. The second-order valence-corrected chi connectivity index (χ2v) is 4.67. The van der Waals surface area contributed by atoms with Gasteiger partial charge in [0.1, 0.15) is 6.61 Å². The van der Waals surface area contributed by atoms with E-state index in [1.165, 1.54) is 0 Å². The molecule has 0 N–H and O–H groups in total. The van der Waals surface area contributed by atoms with Crippen LogP contribution in [0.4, 0.5) is 0 Å². The first-order valence-electron chi connectivity index (χ1n) is 6.95. The molecule has 1 unspecified atom stereocenters. The van der Waals surface area contributed by atoms with Crippen LogP contribution in [0.1, 0.15) is 43.9 Å². The maximum atomic E-state index is 12.1. The van der Waals surface area contributed by atoms with Crippen molar-refractivity contribution in [3.05, 3.63) is 11.7 Å². The van der Waals surface area contributed by atoms with Gasteiger partial charge in [0.2, 0.25) is 5.91 Å². The van der Waals surface area contributed by atoms with Crippen LogP contribution < -0.4 is 0 Å². The zero-order valence-electron chi connectivity index (χ0n) is 12.0. The monoisotopic (exact) mass is 283 g/mol. The summed E-state index contributed by atoms with van der Waals surface area (Å²) in [6, 6.07) is -0.0847. The minimum absolute atomic E-state index is 0.0745. The van der Waals surface area contributed by atoms with Crippen molar-refractivity contribution in [2.75, 3.05) is 26.9 Å². The van der Waals surface area contributed by atoms with E-state index in [-0.39, 0.29) is 11.9 Å². The molecule has 1 amide bonds. The van der Waals surface area contributed by atoms with E-state index in [2.05, 4.69) is 10.1 Å². The molecule has 20 heavy (non-hydrogen) atoms. The minimum atomic E-state index is -0.0847. The molecule has 1 fully saturated rings. The van der Waals surface area contributed by atoms with E-state index < -0.39 is 0 Å². The average molecular weight is 283 g/mol. The Morgan fingerprint density at radius 1 is 1.55 bits per heavy atom. The summed E-state index contributed by atoms with van der Waals surface area (Å²) in [4.78, 5) is 18.2. The van der Waals surface area contributed by atoms with Crippen LogP contribution in [0.2, 0.25) is 0 Å². The number of methoxy groups -OCH3 is 1. The van der Waals surface area contributed by atoms with E-state index in [9.17, 15) is 4.79 Å². The maximum Gasteiger partial charge on any atom is 0.252 e. The van der Waals surface area contributed by atoms with E-state index in [0.29, 0.717) is 38.0 Å². The molecule has 112 valence electrons. The largest absolute Gasteiger partial charge is 0.384 e. The summed E-state index contributed by atoms with van der Waals surface area (Å²) in [5.41, 5.74) is 0. The van der Waals surface area contributed by atoms with Gasteiger partial charge in [-0.3, -0.25) is 4.79 Å². The first-order chi connectivity index (χ1) is 9.76. The third-order valence-electron chi connectivity index (χ3n) is 3.30. The van der Waals surface area contributed by atoms with Crippen molar-refractivity contribution in [1.82, 2.24) is 15.0 Å². The summed E-state index contributed by atoms with van der Waals surface area (Å²) in [7, 11) is 1.59. The zero-order chi connectivity index (χ0) is 14.4. The number of amides is 1. The van der Waals surface area contributed by atoms with Crippen molar-refractivity contribution in [3.63, 3.8) is 0 Å². The van der Waals surface area contributed by atoms with Crippen molar-refractivity contribution < 1.29 is 18.8 Å². The Morgan fingerprint density at radius 2 is 2.40 bits per heavy atom. The first kappa shape index (κ1) is 14.9. The number of nitrogens with zero attached hydrogens (tertiary/aromatic N) is 3. The number of ether oxygens (including phenoxy) is 2. The normalized spacial score (nSPS) is 18.7. The van der Waals surface area contributed by atoms with Gasteiger partial charge in [0.15, 0.2) is 5.82 Å². The lowest BCUT2D eigenvalue weighted by molar-refractivity contribution is -0.133. The lowest BCUT2D eigenvalue weighted by Gasteiger charge is -2.22. The molecule has 7 heteroatoms. The fourth-order valence-corrected chi connectivity index (χ4v) is 2.32. The summed E-state index contributed by atoms with van der Waals surface area (Å²) < 4.78 is 15.3. The van der Waals surface area contributed by atoms with Gasteiger partial charge in [-0.05, 0) is 19.8 Å². The van der Waals surface area contributed by atoms with E-state index in [0.717, 1.165) is 19.4 Å². The summed E-state index contributed by atoms with van der Waals surface area (Å²) in [6.07, 6.45) is 2.21. The Balaban J connectivity index is 1.99. The van der Waals surface area contributed by atoms with E-state index in [1.54, 1.807) is 7.11 Å². The molecule has 1 atom stereocenters. The summed E-state index contributed by atoms with van der Waals surface area (Å²) in [5.74, 6) is 1.10. The van der Waals surface area contributed by atoms with Gasteiger partial charge < -0.3 is 18.9 Å². The van der Waals surface area contributed by atoms with Crippen LogP contribution in [0.15, 0.2) is 4.52 Å². The van der Waals surface area contributed by atoms with Gasteiger partial charge in [0.05, 0.1) is 19.1 Å². The Labute approximate surface area is 118 Å². The number of aromatic nitrogens is 2. The predicted octanol–water partition coefficient (Wildman–Crippen LogP) is 1.31. The van der Waals surface area contributed by atoms with Gasteiger partial charge in [-0.15, -0.1) is 0 Å². The van der Waals surface area contributed by atoms with Crippen LogP contribution in [0, 0.1) is 0 Å². The molecule has 1 aromatic rings. The molecule has 2 heterocycles. The quantitative estimate of drug-likeness (QED) is 0.750. The average Bonchev–Trinajstić information content (AvgIpc) is 3.10. The fourth-order valence-electron chi connectivity index (χ4n) is 2.32. The molecule has 1 aliphatic rings. The molecule has 2 rings (SSSR count). The van der Waals surface area contributed by atoms with Gasteiger partial charge >= 0.3 is 0 Å². The molecular weight excluding hydrogens is 262 g/mol. The van der Waals surface area contributed by atoms with Crippen LogP contribution in [-0.4, -0.2) is 47.8 Å². The van der Waals surface area contributed by atoms with Gasteiger partial charge in [-0.25, -0.2) is 0 Å². The van der Waals surface area contributed by atoms with Crippen LogP contribution in [0.25, 0.3) is 0 Å². The molecule has 0 saturated carbocycles. The van der Waals surface area contributed by atoms with Crippen molar-refractivity contribution in [1.29, 1.82) is 0 Å². The number of likely N-dealkylation sites (tertiary alicyclic amines) is 1. The summed E-state index contributed by atoms with van der Waals surface area (Å²) >= 11 is 0. The third kappa shape index (κ3) is 3.55. The third-order valence-corrected chi connectivity index (χ3v) is 3.30. The fraction of sp³-hybridized carbons (Fsp3) is 0.769. The maximum absolute atomic E-state index is 12.1. The van der Waals surface area contributed by atoms with Gasteiger partial charge in [0, 0.05) is 20.3 Å². The number of hydrogen-bond donors (Lipinski definition) is 0. The van der Waals surface area contributed by atoms with Crippen LogP contribution in [0.3, 0.4) is 0 Å². The molecule has 1 aromatic heterocycles. The Kier molecular flexibility index (Phi) is 5.49. The number of rotatable bonds is 7.